The van der Waals surface area contributed by atoms with E-state index < -0.39 is 0 Å². The smallest absolute Gasteiger partial charge is 0.269 e. The molecule has 4 heteroatoms. The molecular weight excluding hydrogens is 250 g/mol. The second-order valence-electron chi connectivity index (χ2n) is 4.53. The number of nitrogens with zero attached hydrogens (tertiary/aromatic N) is 1. The van der Waals surface area contributed by atoms with Gasteiger partial charge in [-0.15, -0.1) is 0 Å². The summed E-state index contributed by atoms with van der Waals surface area (Å²) in [6.45, 7) is 2.79. The monoisotopic (exact) mass is 269 g/mol. The summed E-state index contributed by atoms with van der Waals surface area (Å²) in [7, 11) is 0. The fourth-order valence-corrected chi connectivity index (χ4v) is 1.76. The molecule has 2 N–H and O–H groups in total. The van der Waals surface area contributed by atoms with Gasteiger partial charge in [-0.1, -0.05) is 31.5 Å². The SMILES string of the molecule is CCCCNC(=O)c1ccc(Nc2ccccc2)cn1. The summed E-state index contributed by atoms with van der Waals surface area (Å²) >= 11 is 0. The number of pyridine rings is 1. The van der Waals surface area contributed by atoms with Crippen molar-refractivity contribution in [1.82, 2.24) is 10.3 Å². The predicted molar refractivity (Wildman–Crippen MR) is 81.2 cm³/mol. The fourth-order valence-electron chi connectivity index (χ4n) is 1.76. The van der Waals surface area contributed by atoms with Crippen LogP contribution in [-0.2, 0) is 0 Å². The number of anilines is 2. The van der Waals surface area contributed by atoms with Gasteiger partial charge in [-0.2, -0.15) is 0 Å². The van der Waals surface area contributed by atoms with Crippen molar-refractivity contribution in [3.8, 4) is 0 Å². The molecule has 0 aliphatic carbocycles. The zero-order valence-electron chi connectivity index (χ0n) is 11.6. The standard InChI is InChI=1S/C16H19N3O/c1-2-3-11-17-16(20)15-10-9-14(12-18-15)19-13-7-5-4-6-8-13/h4-10,12,19H,2-3,11H2,1H3,(H,17,20). The van der Waals surface area contributed by atoms with Crippen molar-refractivity contribution < 1.29 is 4.79 Å². The average Bonchev–Trinajstić information content (AvgIpc) is 2.49. The maximum Gasteiger partial charge on any atom is 0.269 e. The molecule has 0 fully saturated rings. The highest BCUT2D eigenvalue weighted by Crippen LogP contribution is 2.14. The van der Waals surface area contributed by atoms with Crippen LogP contribution in [0.4, 0.5) is 11.4 Å². The van der Waals surface area contributed by atoms with Gasteiger partial charge in [0.05, 0.1) is 11.9 Å². The van der Waals surface area contributed by atoms with Gasteiger partial charge in [0.25, 0.3) is 5.91 Å². The predicted octanol–water partition coefficient (Wildman–Crippen LogP) is 3.36. The van der Waals surface area contributed by atoms with E-state index in [2.05, 4.69) is 22.5 Å². The van der Waals surface area contributed by atoms with Gasteiger partial charge in [-0.25, -0.2) is 4.98 Å². The molecule has 0 bridgehead atoms. The summed E-state index contributed by atoms with van der Waals surface area (Å²) in [5.41, 5.74) is 2.30. The van der Waals surface area contributed by atoms with Gasteiger partial charge >= 0.3 is 0 Å². The summed E-state index contributed by atoms with van der Waals surface area (Å²) < 4.78 is 0. The van der Waals surface area contributed by atoms with Crippen LogP contribution in [0.1, 0.15) is 30.3 Å². The van der Waals surface area contributed by atoms with Crippen molar-refractivity contribution in [1.29, 1.82) is 0 Å². The second-order valence-corrected chi connectivity index (χ2v) is 4.53. The van der Waals surface area contributed by atoms with Crippen LogP contribution in [0, 0.1) is 0 Å². The van der Waals surface area contributed by atoms with Gasteiger partial charge in [0.15, 0.2) is 0 Å². The van der Waals surface area contributed by atoms with E-state index in [0.717, 1.165) is 24.2 Å². The maximum atomic E-state index is 11.8. The van der Waals surface area contributed by atoms with Crippen LogP contribution in [0.2, 0.25) is 0 Å². The van der Waals surface area contributed by atoms with E-state index in [-0.39, 0.29) is 5.91 Å². The van der Waals surface area contributed by atoms with Gasteiger partial charge in [0.2, 0.25) is 0 Å². The third-order valence-corrected chi connectivity index (χ3v) is 2.87. The van der Waals surface area contributed by atoms with Gasteiger partial charge in [0.1, 0.15) is 5.69 Å². The summed E-state index contributed by atoms with van der Waals surface area (Å²) in [5, 5.41) is 6.08. The van der Waals surface area contributed by atoms with E-state index in [0.29, 0.717) is 12.2 Å². The number of carbonyl (C=O) groups excluding carboxylic acids is 1. The molecule has 0 atom stereocenters. The molecule has 104 valence electrons. The van der Waals surface area contributed by atoms with Gasteiger partial charge in [-0.3, -0.25) is 4.79 Å². The van der Waals surface area contributed by atoms with Crippen LogP contribution < -0.4 is 10.6 Å². The Morgan fingerprint density at radius 3 is 2.55 bits per heavy atom. The molecule has 1 heterocycles. The molecule has 2 aromatic rings. The Hall–Kier alpha value is -2.36. The van der Waals surface area contributed by atoms with Crippen LogP contribution >= 0.6 is 0 Å². The van der Waals surface area contributed by atoms with Crippen LogP contribution in [0.15, 0.2) is 48.7 Å². The fraction of sp³-hybridized carbons (Fsp3) is 0.250. The van der Waals surface area contributed by atoms with E-state index in [1.54, 1.807) is 12.3 Å². The lowest BCUT2D eigenvalue weighted by molar-refractivity contribution is 0.0948. The maximum absolute atomic E-state index is 11.8. The zero-order valence-corrected chi connectivity index (χ0v) is 11.6. The van der Waals surface area contributed by atoms with Crippen molar-refractivity contribution in [3.63, 3.8) is 0 Å². The molecule has 1 amide bonds. The molecule has 0 unspecified atom stereocenters. The van der Waals surface area contributed by atoms with Crippen LogP contribution in [0.5, 0.6) is 0 Å². The summed E-state index contributed by atoms with van der Waals surface area (Å²) in [4.78, 5) is 16.0. The third-order valence-electron chi connectivity index (χ3n) is 2.87. The Morgan fingerprint density at radius 1 is 1.10 bits per heavy atom. The summed E-state index contributed by atoms with van der Waals surface area (Å²) in [6, 6.07) is 13.4. The Kier molecular flexibility index (Phi) is 5.12. The molecule has 0 saturated carbocycles. The van der Waals surface area contributed by atoms with Crippen LogP contribution in [-0.4, -0.2) is 17.4 Å². The number of benzene rings is 1. The van der Waals surface area contributed by atoms with Gasteiger partial charge in [-0.05, 0) is 30.7 Å². The highest BCUT2D eigenvalue weighted by atomic mass is 16.1. The molecular formula is C16H19N3O. The van der Waals surface area contributed by atoms with E-state index in [9.17, 15) is 4.79 Å². The normalized spacial score (nSPS) is 10.1. The number of amides is 1. The highest BCUT2D eigenvalue weighted by molar-refractivity contribution is 5.92. The topological polar surface area (TPSA) is 54.0 Å². The number of hydrogen-bond donors (Lipinski definition) is 2. The zero-order chi connectivity index (χ0) is 14.2. The van der Waals surface area contributed by atoms with Crippen molar-refractivity contribution in [2.24, 2.45) is 0 Å². The van der Waals surface area contributed by atoms with Crippen molar-refractivity contribution in [2.75, 3.05) is 11.9 Å². The van der Waals surface area contributed by atoms with Crippen molar-refractivity contribution in [3.05, 3.63) is 54.4 Å². The Bertz CT molecular complexity index is 537. The lowest BCUT2D eigenvalue weighted by atomic mass is 10.2. The first-order chi connectivity index (χ1) is 9.79. The lowest BCUT2D eigenvalue weighted by Gasteiger charge is -2.07. The highest BCUT2D eigenvalue weighted by Gasteiger charge is 2.05. The number of para-hydroxylation sites is 1. The first-order valence-corrected chi connectivity index (χ1v) is 6.86. The van der Waals surface area contributed by atoms with E-state index in [1.807, 2.05) is 36.4 Å². The molecule has 0 radical (unpaired) electrons. The first kappa shape index (κ1) is 14.1. The van der Waals surface area contributed by atoms with E-state index in [1.165, 1.54) is 0 Å². The minimum atomic E-state index is -0.121. The van der Waals surface area contributed by atoms with Crippen LogP contribution in [0.25, 0.3) is 0 Å². The molecule has 0 aliphatic heterocycles. The average molecular weight is 269 g/mol. The molecule has 0 saturated heterocycles. The molecule has 2 rings (SSSR count). The third kappa shape index (κ3) is 4.09. The van der Waals surface area contributed by atoms with E-state index in [4.69, 9.17) is 0 Å². The minimum Gasteiger partial charge on any atom is -0.354 e. The number of unbranched alkanes of at least 4 members (excludes halogenated alkanes) is 1. The van der Waals surface area contributed by atoms with Crippen molar-refractivity contribution >= 4 is 17.3 Å². The number of carbonyl (C=O) groups is 1. The minimum absolute atomic E-state index is 0.121. The molecule has 1 aromatic carbocycles. The molecule has 0 aliphatic rings. The first-order valence-electron chi connectivity index (χ1n) is 6.86. The lowest BCUT2D eigenvalue weighted by Crippen LogP contribution is -2.25. The van der Waals surface area contributed by atoms with Crippen LogP contribution in [0.3, 0.4) is 0 Å². The number of rotatable bonds is 6. The molecule has 0 spiro atoms. The van der Waals surface area contributed by atoms with Gasteiger partial charge in [0, 0.05) is 12.2 Å². The Labute approximate surface area is 119 Å². The van der Waals surface area contributed by atoms with Crippen molar-refractivity contribution in [2.45, 2.75) is 19.8 Å². The molecule has 1 aromatic heterocycles. The summed E-state index contributed by atoms with van der Waals surface area (Å²) in [6.07, 6.45) is 3.72. The summed E-state index contributed by atoms with van der Waals surface area (Å²) in [5.74, 6) is -0.121. The number of aromatic nitrogens is 1. The largest absolute Gasteiger partial charge is 0.354 e. The quantitative estimate of drug-likeness (QED) is 0.791. The Morgan fingerprint density at radius 2 is 1.90 bits per heavy atom. The second kappa shape index (κ2) is 7.28. The van der Waals surface area contributed by atoms with E-state index >= 15 is 0 Å². The number of hydrogen-bond acceptors (Lipinski definition) is 3. The molecule has 20 heavy (non-hydrogen) atoms. The van der Waals surface area contributed by atoms with Gasteiger partial charge < -0.3 is 10.6 Å². The Balaban J connectivity index is 1.94. The number of nitrogens with one attached hydrogen (secondary N) is 2. The molecule has 4 nitrogen and oxygen atoms in total.